The minimum Gasteiger partial charge on any atom is -0.313 e. The molecule has 2 saturated carbocycles. The summed E-state index contributed by atoms with van der Waals surface area (Å²) in [6.07, 6.45) is 5.85. The number of benzene rings is 2. The molecule has 1 heteroatoms. The van der Waals surface area contributed by atoms with E-state index in [1.807, 2.05) is 0 Å². The van der Waals surface area contributed by atoms with Crippen LogP contribution >= 0.6 is 0 Å². The Hall–Kier alpha value is -1.34. The molecule has 0 aliphatic heterocycles. The first-order valence-corrected chi connectivity index (χ1v) is 8.01. The van der Waals surface area contributed by atoms with Crippen LogP contribution in [0.15, 0.2) is 42.5 Å². The van der Waals surface area contributed by atoms with Gasteiger partial charge in [0.15, 0.2) is 0 Å². The molecule has 2 aliphatic carbocycles. The molecule has 2 fully saturated rings. The van der Waals surface area contributed by atoms with Gasteiger partial charge in [0, 0.05) is 6.04 Å². The Morgan fingerprint density at radius 1 is 1.00 bits per heavy atom. The highest BCUT2D eigenvalue weighted by Gasteiger charge is 2.43. The second-order valence-electron chi connectivity index (χ2n) is 6.67. The summed E-state index contributed by atoms with van der Waals surface area (Å²) in [7, 11) is 2.14. The van der Waals surface area contributed by atoms with Gasteiger partial charge in [0.25, 0.3) is 0 Å². The molecule has 2 bridgehead atoms. The summed E-state index contributed by atoms with van der Waals surface area (Å²) in [5.74, 6) is 2.80. The Morgan fingerprint density at radius 3 is 2.60 bits per heavy atom. The molecule has 2 aliphatic rings. The lowest BCUT2D eigenvalue weighted by molar-refractivity contribution is 0.260. The van der Waals surface area contributed by atoms with Crippen LogP contribution in [0.5, 0.6) is 0 Å². The van der Waals surface area contributed by atoms with Crippen molar-refractivity contribution in [2.45, 2.75) is 31.7 Å². The molecular weight excluding hydrogens is 242 g/mol. The molecule has 1 N–H and O–H groups in total. The molecule has 0 amide bonds. The van der Waals surface area contributed by atoms with E-state index in [2.05, 4.69) is 54.8 Å². The van der Waals surface area contributed by atoms with Crippen LogP contribution in [0.3, 0.4) is 0 Å². The van der Waals surface area contributed by atoms with Crippen molar-refractivity contribution in [3.63, 3.8) is 0 Å². The summed E-state index contributed by atoms with van der Waals surface area (Å²) in [4.78, 5) is 0. The molecule has 4 unspecified atom stereocenters. The zero-order valence-electron chi connectivity index (χ0n) is 12.2. The van der Waals surface area contributed by atoms with Crippen LogP contribution < -0.4 is 5.32 Å². The maximum atomic E-state index is 3.64. The zero-order valence-corrected chi connectivity index (χ0v) is 12.2. The van der Waals surface area contributed by atoms with Gasteiger partial charge < -0.3 is 5.32 Å². The fourth-order valence-corrected chi connectivity index (χ4v) is 4.82. The van der Waals surface area contributed by atoms with E-state index in [4.69, 9.17) is 0 Å². The third-order valence-corrected chi connectivity index (χ3v) is 5.69. The van der Waals surface area contributed by atoms with Gasteiger partial charge in [0.05, 0.1) is 0 Å². The predicted molar refractivity (Wildman–Crippen MR) is 84.7 cm³/mol. The first-order chi connectivity index (χ1) is 9.86. The number of rotatable bonds is 3. The molecule has 104 valence electrons. The molecular formula is C19H23N. The van der Waals surface area contributed by atoms with Crippen molar-refractivity contribution >= 4 is 10.8 Å². The van der Waals surface area contributed by atoms with Gasteiger partial charge in [-0.1, -0.05) is 48.9 Å². The highest BCUT2D eigenvalue weighted by Crippen LogP contribution is 2.52. The minimum atomic E-state index is 0.524. The fourth-order valence-electron chi connectivity index (χ4n) is 4.82. The van der Waals surface area contributed by atoms with Crippen molar-refractivity contribution in [3.05, 3.63) is 48.0 Å². The fraction of sp³-hybridized carbons (Fsp3) is 0.474. The van der Waals surface area contributed by atoms with Crippen LogP contribution in [0, 0.1) is 17.8 Å². The van der Waals surface area contributed by atoms with Crippen molar-refractivity contribution in [1.29, 1.82) is 0 Å². The summed E-state index contributed by atoms with van der Waals surface area (Å²) in [5.41, 5.74) is 1.50. The van der Waals surface area contributed by atoms with E-state index >= 15 is 0 Å². The van der Waals surface area contributed by atoms with Crippen molar-refractivity contribution in [2.75, 3.05) is 7.05 Å². The molecule has 2 aromatic carbocycles. The van der Waals surface area contributed by atoms with Gasteiger partial charge in [-0.25, -0.2) is 0 Å². The predicted octanol–water partition coefficient (Wildman–Crippen LogP) is 4.54. The maximum absolute atomic E-state index is 3.64. The first-order valence-electron chi connectivity index (χ1n) is 8.01. The van der Waals surface area contributed by atoms with Gasteiger partial charge in [-0.05, 0) is 60.4 Å². The average molecular weight is 265 g/mol. The molecule has 0 aromatic heterocycles. The zero-order chi connectivity index (χ0) is 13.5. The quantitative estimate of drug-likeness (QED) is 0.859. The molecule has 1 nitrogen and oxygen atoms in total. The van der Waals surface area contributed by atoms with Crippen LogP contribution in [0.1, 0.15) is 37.3 Å². The van der Waals surface area contributed by atoms with E-state index < -0.39 is 0 Å². The minimum absolute atomic E-state index is 0.524. The number of hydrogen-bond acceptors (Lipinski definition) is 1. The van der Waals surface area contributed by atoms with Gasteiger partial charge >= 0.3 is 0 Å². The lowest BCUT2D eigenvalue weighted by Crippen LogP contribution is -2.29. The van der Waals surface area contributed by atoms with E-state index in [0.717, 1.165) is 17.8 Å². The highest BCUT2D eigenvalue weighted by molar-refractivity contribution is 5.86. The Bertz CT molecular complexity index is 613. The van der Waals surface area contributed by atoms with E-state index in [9.17, 15) is 0 Å². The molecule has 4 atom stereocenters. The van der Waals surface area contributed by atoms with Crippen molar-refractivity contribution in [1.82, 2.24) is 5.32 Å². The summed E-state index contributed by atoms with van der Waals surface area (Å²) in [6, 6.07) is 16.1. The third-order valence-electron chi connectivity index (χ3n) is 5.69. The van der Waals surface area contributed by atoms with Crippen LogP contribution in [0.2, 0.25) is 0 Å². The molecule has 0 heterocycles. The van der Waals surface area contributed by atoms with Gasteiger partial charge in [-0.2, -0.15) is 0 Å². The van der Waals surface area contributed by atoms with Gasteiger partial charge in [0.2, 0.25) is 0 Å². The van der Waals surface area contributed by atoms with Crippen LogP contribution in [0.25, 0.3) is 10.8 Å². The van der Waals surface area contributed by atoms with Gasteiger partial charge in [-0.3, -0.25) is 0 Å². The number of fused-ring (bicyclic) bond motifs is 3. The smallest absolute Gasteiger partial charge is 0.0355 e. The second kappa shape index (κ2) is 4.89. The molecule has 0 saturated heterocycles. The topological polar surface area (TPSA) is 12.0 Å². The number of hydrogen-bond donors (Lipinski definition) is 1. The van der Waals surface area contributed by atoms with Crippen LogP contribution in [0.4, 0.5) is 0 Å². The largest absolute Gasteiger partial charge is 0.313 e. The Balaban J connectivity index is 1.76. The molecule has 0 radical (unpaired) electrons. The van der Waals surface area contributed by atoms with Crippen molar-refractivity contribution in [2.24, 2.45) is 17.8 Å². The van der Waals surface area contributed by atoms with E-state index in [0.29, 0.717) is 6.04 Å². The van der Waals surface area contributed by atoms with Crippen LogP contribution in [-0.4, -0.2) is 7.05 Å². The lowest BCUT2D eigenvalue weighted by Gasteiger charge is -2.31. The Morgan fingerprint density at radius 2 is 1.85 bits per heavy atom. The standard InChI is InChI=1S/C19H23N/c1-20-19(18-12-13-9-10-15(18)11-13)17-8-4-6-14-5-2-3-7-16(14)17/h2-8,13,15,18-20H,9-12H2,1H3. The van der Waals surface area contributed by atoms with E-state index in [1.54, 1.807) is 0 Å². The number of nitrogens with one attached hydrogen (secondary N) is 1. The normalized spacial score (nSPS) is 29.9. The lowest BCUT2D eigenvalue weighted by atomic mass is 9.79. The molecule has 20 heavy (non-hydrogen) atoms. The Kier molecular flexibility index (Phi) is 3.03. The highest BCUT2D eigenvalue weighted by atomic mass is 14.9. The van der Waals surface area contributed by atoms with Gasteiger partial charge in [0.1, 0.15) is 0 Å². The second-order valence-corrected chi connectivity index (χ2v) is 6.67. The van der Waals surface area contributed by atoms with Crippen molar-refractivity contribution in [3.8, 4) is 0 Å². The monoisotopic (exact) mass is 265 g/mol. The van der Waals surface area contributed by atoms with Crippen molar-refractivity contribution < 1.29 is 0 Å². The molecule has 0 spiro atoms. The third kappa shape index (κ3) is 1.88. The molecule has 4 rings (SSSR count). The SMILES string of the molecule is CNC(c1cccc2ccccc12)C1CC2CCC1C2. The van der Waals surface area contributed by atoms with Gasteiger partial charge in [-0.15, -0.1) is 0 Å². The van der Waals surface area contributed by atoms with E-state index in [-0.39, 0.29) is 0 Å². The molecule has 2 aromatic rings. The maximum Gasteiger partial charge on any atom is 0.0355 e. The average Bonchev–Trinajstić information content (AvgIpc) is 3.11. The summed E-state index contributed by atoms with van der Waals surface area (Å²) in [6.45, 7) is 0. The Labute approximate surface area is 121 Å². The summed E-state index contributed by atoms with van der Waals surface area (Å²) in [5, 5.41) is 6.43. The van der Waals surface area contributed by atoms with E-state index in [1.165, 1.54) is 42.0 Å². The van der Waals surface area contributed by atoms with Crippen LogP contribution in [-0.2, 0) is 0 Å². The summed E-state index contributed by atoms with van der Waals surface area (Å²) < 4.78 is 0. The first kappa shape index (κ1) is 12.4. The summed E-state index contributed by atoms with van der Waals surface area (Å²) >= 11 is 0.